The topological polar surface area (TPSA) is 64.9 Å². The van der Waals surface area contributed by atoms with Gasteiger partial charge in [0.1, 0.15) is 15.4 Å². The molecule has 2 aromatic rings. The molecule has 0 saturated carbocycles. The summed E-state index contributed by atoms with van der Waals surface area (Å²) in [5.41, 5.74) is 1.92. The summed E-state index contributed by atoms with van der Waals surface area (Å²) in [6, 6.07) is 3.72. The average Bonchev–Trinajstić information content (AvgIpc) is 2.97. The van der Waals surface area contributed by atoms with Gasteiger partial charge in [0.25, 0.3) is 5.91 Å². The molecule has 2 aromatic heterocycles. The molecule has 8 heteroatoms. The van der Waals surface area contributed by atoms with E-state index in [1.807, 2.05) is 0 Å². The predicted molar refractivity (Wildman–Crippen MR) is 86.7 cm³/mol. The number of carbonyl (C=O) groups excluding carboxylic acids is 1. The molecule has 0 spiro atoms. The van der Waals surface area contributed by atoms with E-state index in [0.29, 0.717) is 24.8 Å². The molecule has 0 aliphatic carbocycles. The smallest absolute Gasteiger partial charge is 0.258 e. The summed E-state index contributed by atoms with van der Waals surface area (Å²) in [5.74, 6) is -0.341. The van der Waals surface area contributed by atoms with Gasteiger partial charge in [-0.05, 0) is 24.6 Å². The Hall–Kier alpha value is -1.10. The lowest BCUT2D eigenvalue weighted by Crippen LogP contribution is -2.22. The minimum Gasteiger partial charge on any atom is -0.312 e. The summed E-state index contributed by atoms with van der Waals surface area (Å²) in [6.07, 6.45) is 0.801. The first-order chi connectivity index (χ1) is 10.1. The van der Waals surface area contributed by atoms with Gasteiger partial charge in [-0.2, -0.15) is 5.26 Å². The molecule has 0 aromatic carbocycles. The number of hydrogen-bond acceptors (Lipinski definition) is 5. The maximum Gasteiger partial charge on any atom is 0.258 e. The van der Waals surface area contributed by atoms with Gasteiger partial charge >= 0.3 is 0 Å². The van der Waals surface area contributed by atoms with Crippen LogP contribution in [0.15, 0.2) is 6.07 Å². The van der Waals surface area contributed by atoms with Gasteiger partial charge in [-0.3, -0.25) is 4.79 Å². The largest absolute Gasteiger partial charge is 0.312 e. The Labute approximate surface area is 139 Å². The molecule has 0 fully saturated rings. The lowest BCUT2D eigenvalue weighted by Gasteiger charge is -2.11. The molecule has 0 atom stereocenters. The van der Waals surface area contributed by atoms with Crippen LogP contribution in [0.5, 0.6) is 0 Å². The maximum absolute atomic E-state index is 12.3. The molecule has 3 heterocycles. The third-order valence-corrected chi connectivity index (χ3v) is 5.80. The highest BCUT2D eigenvalue weighted by Gasteiger charge is 2.23. The number of nitriles is 1. The van der Waals surface area contributed by atoms with Gasteiger partial charge in [0.15, 0.2) is 0 Å². The first kappa shape index (κ1) is 14.8. The zero-order valence-electron chi connectivity index (χ0n) is 10.6. The number of nitrogens with zero attached hydrogens (tertiary/aromatic N) is 1. The standard InChI is InChI=1S/C13H9Cl2N3OS2/c14-10-3-7(11(15)21-10)12(19)18-13-8(4-16)6-1-2-17-5-9(6)20-13/h3,17H,1-2,5H2,(H,18,19). The molecule has 1 aliphatic rings. The highest BCUT2D eigenvalue weighted by molar-refractivity contribution is 7.20. The van der Waals surface area contributed by atoms with Gasteiger partial charge in [0, 0.05) is 11.4 Å². The highest BCUT2D eigenvalue weighted by atomic mass is 35.5. The summed E-state index contributed by atoms with van der Waals surface area (Å²) < 4.78 is 0.805. The van der Waals surface area contributed by atoms with E-state index in [1.54, 1.807) is 0 Å². The zero-order chi connectivity index (χ0) is 15.0. The van der Waals surface area contributed by atoms with Gasteiger partial charge in [-0.15, -0.1) is 22.7 Å². The van der Waals surface area contributed by atoms with E-state index in [2.05, 4.69) is 16.7 Å². The first-order valence-electron chi connectivity index (χ1n) is 6.11. The Morgan fingerprint density at radius 2 is 2.24 bits per heavy atom. The Kier molecular flexibility index (Phi) is 4.20. The predicted octanol–water partition coefficient (Wildman–Crippen LogP) is 3.89. The summed E-state index contributed by atoms with van der Waals surface area (Å²) >= 11 is 14.4. The van der Waals surface area contributed by atoms with Crippen LogP contribution in [0.4, 0.5) is 5.00 Å². The number of fused-ring (bicyclic) bond motifs is 1. The van der Waals surface area contributed by atoms with Crippen molar-refractivity contribution in [3.8, 4) is 6.07 Å². The van der Waals surface area contributed by atoms with Crippen LogP contribution in [0, 0.1) is 11.3 Å². The Morgan fingerprint density at radius 3 is 2.90 bits per heavy atom. The van der Waals surface area contributed by atoms with E-state index in [0.717, 1.165) is 41.3 Å². The molecular weight excluding hydrogens is 349 g/mol. The molecule has 108 valence electrons. The summed E-state index contributed by atoms with van der Waals surface area (Å²) in [5, 5.41) is 16.0. The van der Waals surface area contributed by atoms with E-state index < -0.39 is 0 Å². The van der Waals surface area contributed by atoms with E-state index in [-0.39, 0.29) is 5.91 Å². The lowest BCUT2D eigenvalue weighted by atomic mass is 10.1. The summed E-state index contributed by atoms with van der Waals surface area (Å²) in [4.78, 5) is 13.4. The number of amides is 1. The van der Waals surface area contributed by atoms with Crippen LogP contribution in [0.1, 0.15) is 26.4 Å². The molecular formula is C13H9Cl2N3OS2. The normalized spacial score (nSPS) is 13.6. The number of thiophene rings is 2. The van der Waals surface area contributed by atoms with Crippen LogP contribution < -0.4 is 10.6 Å². The average molecular weight is 358 g/mol. The second-order valence-corrected chi connectivity index (χ2v) is 7.83. The van der Waals surface area contributed by atoms with Crippen molar-refractivity contribution in [2.45, 2.75) is 13.0 Å². The van der Waals surface area contributed by atoms with Crippen molar-refractivity contribution in [3.05, 3.63) is 36.3 Å². The zero-order valence-corrected chi connectivity index (χ0v) is 13.8. The number of nitrogens with one attached hydrogen (secondary N) is 2. The Bertz CT molecular complexity index is 760. The summed E-state index contributed by atoms with van der Waals surface area (Å²) in [7, 11) is 0. The number of carbonyl (C=O) groups is 1. The number of hydrogen-bond donors (Lipinski definition) is 2. The molecule has 21 heavy (non-hydrogen) atoms. The monoisotopic (exact) mass is 357 g/mol. The lowest BCUT2D eigenvalue weighted by molar-refractivity contribution is 0.102. The van der Waals surface area contributed by atoms with Crippen LogP contribution in [0.3, 0.4) is 0 Å². The van der Waals surface area contributed by atoms with Gasteiger partial charge in [-0.1, -0.05) is 23.2 Å². The molecule has 1 aliphatic heterocycles. The van der Waals surface area contributed by atoms with Crippen LogP contribution in [0.2, 0.25) is 8.67 Å². The van der Waals surface area contributed by atoms with E-state index in [9.17, 15) is 10.1 Å². The third-order valence-electron chi connectivity index (χ3n) is 3.17. The molecule has 3 rings (SSSR count). The molecule has 0 radical (unpaired) electrons. The molecule has 2 N–H and O–H groups in total. The SMILES string of the molecule is N#Cc1c(NC(=O)c2cc(Cl)sc2Cl)sc2c1CCNC2. The molecule has 4 nitrogen and oxygen atoms in total. The van der Waals surface area contributed by atoms with Crippen LogP contribution >= 0.6 is 45.9 Å². The van der Waals surface area contributed by atoms with Crippen molar-refractivity contribution in [2.75, 3.05) is 11.9 Å². The quantitative estimate of drug-likeness (QED) is 0.856. The van der Waals surface area contributed by atoms with E-state index >= 15 is 0 Å². The fourth-order valence-electron chi connectivity index (χ4n) is 2.21. The van der Waals surface area contributed by atoms with Crippen molar-refractivity contribution in [1.29, 1.82) is 5.26 Å². The van der Waals surface area contributed by atoms with Crippen molar-refractivity contribution in [2.24, 2.45) is 0 Å². The van der Waals surface area contributed by atoms with Crippen LogP contribution in [0.25, 0.3) is 0 Å². The third kappa shape index (κ3) is 2.80. The molecule has 0 saturated heterocycles. The minimum atomic E-state index is -0.341. The van der Waals surface area contributed by atoms with Gasteiger partial charge in [-0.25, -0.2) is 0 Å². The maximum atomic E-state index is 12.3. The van der Waals surface area contributed by atoms with E-state index in [4.69, 9.17) is 23.2 Å². The van der Waals surface area contributed by atoms with Gasteiger partial charge < -0.3 is 10.6 Å². The minimum absolute atomic E-state index is 0.333. The summed E-state index contributed by atoms with van der Waals surface area (Å²) in [6.45, 7) is 1.58. The molecule has 1 amide bonds. The van der Waals surface area contributed by atoms with Crippen molar-refractivity contribution in [1.82, 2.24) is 5.32 Å². The number of rotatable bonds is 2. The van der Waals surface area contributed by atoms with Crippen molar-refractivity contribution in [3.63, 3.8) is 0 Å². The fraction of sp³-hybridized carbons (Fsp3) is 0.231. The number of anilines is 1. The van der Waals surface area contributed by atoms with Crippen LogP contribution in [-0.4, -0.2) is 12.5 Å². The Morgan fingerprint density at radius 1 is 1.43 bits per heavy atom. The van der Waals surface area contributed by atoms with Gasteiger partial charge in [0.2, 0.25) is 0 Å². The molecule has 0 unspecified atom stereocenters. The van der Waals surface area contributed by atoms with Crippen LogP contribution in [-0.2, 0) is 13.0 Å². The van der Waals surface area contributed by atoms with Crippen molar-refractivity contribution >= 4 is 56.8 Å². The second-order valence-electron chi connectivity index (χ2n) is 4.44. The Balaban J connectivity index is 1.92. The van der Waals surface area contributed by atoms with Gasteiger partial charge in [0.05, 0.1) is 15.5 Å². The van der Waals surface area contributed by atoms with Crippen molar-refractivity contribution < 1.29 is 4.79 Å². The molecule has 0 bridgehead atoms. The fourth-order valence-corrected chi connectivity index (χ4v) is 4.83. The first-order valence-corrected chi connectivity index (χ1v) is 8.50. The highest BCUT2D eigenvalue weighted by Crippen LogP contribution is 2.36. The second kappa shape index (κ2) is 5.95. The van der Waals surface area contributed by atoms with E-state index in [1.165, 1.54) is 17.4 Å². The number of halogens is 2.